The average Bonchev–Trinajstić information content (AvgIpc) is 2.99. The molecule has 0 aromatic heterocycles. The molecule has 0 saturated carbocycles. The highest BCUT2D eigenvalue weighted by Gasteiger charge is 2.39. The number of benzene rings is 1. The van der Waals surface area contributed by atoms with E-state index in [1.165, 1.54) is 0 Å². The number of carbonyl (C=O) groups excluding carboxylic acids is 3. The van der Waals surface area contributed by atoms with Gasteiger partial charge in [0.05, 0.1) is 6.61 Å². The molecule has 1 saturated heterocycles. The second kappa shape index (κ2) is 9.27. The van der Waals surface area contributed by atoms with Crippen LogP contribution in [0.5, 0.6) is 0 Å². The van der Waals surface area contributed by atoms with Crippen LogP contribution in [0.4, 0.5) is 0 Å². The van der Waals surface area contributed by atoms with Gasteiger partial charge in [-0.05, 0) is 37.6 Å². The highest BCUT2D eigenvalue weighted by atomic mass is 16.5. The van der Waals surface area contributed by atoms with Gasteiger partial charge in [-0.15, -0.1) is 0 Å². The van der Waals surface area contributed by atoms with Crippen molar-refractivity contribution in [2.24, 2.45) is 5.73 Å². The molecule has 1 fully saturated rings. The second-order valence-electron chi connectivity index (χ2n) is 7.34. The van der Waals surface area contributed by atoms with Crippen LogP contribution >= 0.6 is 0 Å². The predicted molar refractivity (Wildman–Crippen MR) is 103 cm³/mol. The normalized spacial score (nSPS) is 19.3. The molecule has 1 unspecified atom stereocenters. The van der Waals surface area contributed by atoms with Gasteiger partial charge in [-0.2, -0.15) is 0 Å². The van der Waals surface area contributed by atoms with Crippen LogP contribution in [0.2, 0.25) is 0 Å². The molecule has 3 rings (SSSR count). The fraction of sp³-hybridized carbons (Fsp3) is 0.550. The first-order chi connectivity index (χ1) is 13.5. The summed E-state index contributed by atoms with van der Waals surface area (Å²) in [5, 5.41) is 2.34. The Hall–Kier alpha value is -2.29. The van der Waals surface area contributed by atoms with Crippen molar-refractivity contribution in [1.29, 1.82) is 0 Å². The minimum absolute atomic E-state index is 0.132. The summed E-state index contributed by atoms with van der Waals surface area (Å²) in [4.78, 5) is 40.3. The van der Waals surface area contributed by atoms with E-state index in [1.54, 1.807) is 4.90 Å². The van der Waals surface area contributed by atoms with Gasteiger partial charge in [-0.1, -0.05) is 18.2 Å². The van der Waals surface area contributed by atoms with E-state index in [1.807, 2.05) is 25.2 Å². The number of carbonyl (C=O) groups is 3. The molecule has 0 bridgehead atoms. The van der Waals surface area contributed by atoms with Gasteiger partial charge in [-0.25, -0.2) is 0 Å². The van der Waals surface area contributed by atoms with E-state index in [9.17, 15) is 14.4 Å². The van der Waals surface area contributed by atoms with Crippen LogP contribution < -0.4 is 11.1 Å². The minimum atomic E-state index is -0.584. The van der Waals surface area contributed by atoms with E-state index >= 15 is 0 Å². The second-order valence-corrected chi connectivity index (χ2v) is 7.34. The molecule has 2 aliphatic rings. The molecule has 2 aliphatic heterocycles. The molecule has 8 heteroatoms. The molecule has 2 heterocycles. The highest BCUT2D eigenvalue weighted by Crippen LogP contribution is 2.30. The number of hydrogen-bond donors (Lipinski definition) is 2. The van der Waals surface area contributed by atoms with Crippen molar-refractivity contribution in [3.8, 4) is 0 Å². The number of nitrogens with zero attached hydrogens (tertiary/aromatic N) is 2. The topological polar surface area (TPSA) is 105 Å². The van der Waals surface area contributed by atoms with Crippen molar-refractivity contribution in [3.05, 3.63) is 34.9 Å². The molecule has 3 N–H and O–H groups in total. The number of fused-ring (bicyclic) bond motifs is 1. The number of piperidine rings is 1. The van der Waals surface area contributed by atoms with Gasteiger partial charge in [0.15, 0.2) is 0 Å². The molecule has 1 atom stereocenters. The Morgan fingerprint density at radius 1 is 1.29 bits per heavy atom. The number of hydrogen-bond acceptors (Lipinski definition) is 6. The summed E-state index contributed by atoms with van der Waals surface area (Å²) in [5.41, 5.74) is 8.01. The Morgan fingerprint density at radius 2 is 2.11 bits per heavy atom. The van der Waals surface area contributed by atoms with Gasteiger partial charge < -0.3 is 15.4 Å². The SMILES string of the molecule is CN(CCOCCCN)Cc1cccc2c1C(=O)N(C1CCC(=O)NC1=O)C2. The Morgan fingerprint density at radius 3 is 2.86 bits per heavy atom. The molecular formula is C20H28N4O4. The highest BCUT2D eigenvalue weighted by molar-refractivity contribution is 6.05. The van der Waals surface area contributed by atoms with Gasteiger partial charge in [0, 0.05) is 38.2 Å². The smallest absolute Gasteiger partial charge is 0.255 e. The first-order valence-electron chi connectivity index (χ1n) is 9.73. The number of nitrogens with two attached hydrogens (primary N) is 1. The Kier molecular flexibility index (Phi) is 6.77. The van der Waals surface area contributed by atoms with Gasteiger partial charge in [0.2, 0.25) is 11.8 Å². The number of imide groups is 1. The average molecular weight is 388 g/mol. The Labute approximate surface area is 165 Å². The van der Waals surface area contributed by atoms with Crippen molar-refractivity contribution in [2.45, 2.75) is 38.4 Å². The summed E-state index contributed by atoms with van der Waals surface area (Å²) >= 11 is 0. The molecule has 1 aromatic carbocycles. The quantitative estimate of drug-likeness (QED) is 0.464. The maximum atomic E-state index is 13.1. The van der Waals surface area contributed by atoms with Crippen molar-refractivity contribution in [3.63, 3.8) is 0 Å². The van der Waals surface area contributed by atoms with Crippen LogP contribution in [0, 0.1) is 0 Å². The standard InChI is InChI=1S/C20H28N4O4/c1-23(9-11-28-10-3-8-21)12-14-4-2-5-15-13-24(20(27)18(14)15)16-6-7-17(25)22-19(16)26/h2,4-5,16H,3,6-13,21H2,1H3,(H,22,25,26). The number of likely N-dealkylation sites (N-methyl/N-ethyl adjacent to an activating group) is 1. The van der Waals surface area contributed by atoms with Gasteiger partial charge in [0.25, 0.3) is 5.91 Å². The van der Waals surface area contributed by atoms with E-state index in [4.69, 9.17) is 10.5 Å². The van der Waals surface area contributed by atoms with E-state index in [0.29, 0.717) is 44.8 Å². The summed E-state index contributed by atoms with van der Waals surface area (Å²) in [5.74, 6) is -0.792. The van der Waals surface area contributed by atoms with Crippen LogP contribution in [0.1, 0.15) is 40.7 Å². The number of amides is 3. The summed E-state index contributed by atoms with van der Waals surface area (Å²) in [6, 6.07) is 5.25. The van der Waals surface area contributed by atoms with Crippen molar-refractivity contribution < 1.29 is 19.1 Å². The third-order valence-electron chi connectivity index (χ3n) is 5.19. The van der Waals surface area contributed by atoms with Gasteiger partial charge in [-0.3, -0.25) is 24.6 Å². The van der Waals surface area contributed by atoms with Crippen LogP contribution in [0.15, 0.2) is 18.2 Å². The molecule has 0 aliphatic carbocycles. The van der Waals surface area contributed by atoms with Gasteiger partial charge in [0.1, 0.15) is 6.04 Å². The van der Waals surface area contributed by atoms with Crippen molar-refractivity contribution in [2.75, 3.05) is 33.4 Å². The number of rotatable bonds is 9. The predicted octanol–water partition coefficient (Wildman–Crippen LogP) is 0.245. The van der Waals surface area contributed by atoms with Crippen molar-refractivity contribution >= 4 is 17.7 Å². The first-order valence-corrected chi connectivity index (χ1v) is 9.73. The fourth-order valence-electron chi connectivity index (χ4n) is 3.70. The van der Waals surface area contributed by atoms with Gasteiger partial charge >= 0.3 is 0 Å². The van der Waals surface area contributed by atoms with Crippen LogP contribution in [-0.4, -0.2) is 66.9 Å². The molecule has 0 spiro atoms. The fourth-order valence-corrected chi connectivity index (χ4v) is 3.70. The summed E-state index contributed by atoms with van der Waals surface area (Å²) in [7, 11) is 1.99. The third-order valence-corrected chi connectivity index (χ3v) is 5.19. The molecular weight excluding hydrogens is 360 g/mol. The summed E-state index contributed by atoms with van der Waals surface area (Å²) < 4.78 is 5.54. The Balaban J connectivity index is 1.64. The van der Waals surface area contributed by atoms with Crippen molar-refractivity contribution in [1.82, 2.24) is 15.1 Å². The van der Waals surface area contributed by atoms with Crippen LogP contribution in [-0.2, 0) is 27.4 Å². The zero-order chi connectivity index (χ0) is 20.1. The van der Waals surface area contributed by atoms with E-state index in [0.717, 1.165) is 24.1 Å². The lowest BCUT2D eigenvalue weighted by molar-refractivity contribution is -0.136. The molecule has 8 nitrogen and oxygen atoms in total. The largest absolute Gasteiger partial charge is 0.380 e. The van der Waals surface area contributed by atoms with E-state index < -0.39 is 6.04 Å². The zero-order valence-electron chi connectivity index (χ0n) is 16.3. The lowest BCUT2D eigenvalue weighted by atomic mass is 10.0. The lowest BCUT2D eigenvalue weighted by Gasteiger charge is -2.29. The summed E-state index contributed by atoms with van der Waals surface area (Å²) in [6.07, 6.45) is 1.48. The molecule has 0 radical (unpaired) electrons. The first kappa shape index (κ1) is 20.4. The van der Waals surface area contributed by atoms with E-state index in [2.05, 4.69) is 10.2 Å². The molecule has 3 amide bonds. The molecule has 28 heavy (non-hydrogen) atoms. The monoisotopic (exact) mass is 388 g/mol. The van der Waals surface area contributed by atoms with Crippen LogP contribution in [0.25, 0.3) is 0 Å². The minimum Gasteiger partial charge on any atom is -0.380 e. The zero-order valence-corrected chi connectivity index (χ0v) is 16.3. The van der Waals surface area contributed by atoms with Crippen LogP contribution in [0.3, 0.4) is 0 Å². The Bertz CT molecular complexity index is 752. The third kappa shape index (κ3) is 4.57. The number of ether oxygens (including phenoxy) is 1. The van der Waals surface area contributed by atoms with E-state index in [-0.39, 0.29) is 24.1 Å². The molecule has 152 valence electrons. The molecule has 1 aromatic rings. The maximum absolute atomic E-state index is 13.1. The summed E-state index contributed by atoms with van der Waals surface area (Å²) in [6.45, 7) is 3.67. The maximum Gasteiger partial charge on any atom is 0.255 e. The lowest BCUT2D eigenvalue weighted by Crippen LogP contribution is -2.52. The number of nitrogens with one attached hydrogen (secondary N) is 1.